The molecule has 0 spiro atoms. The lowest BCUT2D eigenvalue weighted by molar-refractivity contribution is -0.138. The molecule has 1 aromatic carbocycles. The standard InChI is InChI=1S/C19H26O5Si/c1-3-18(20)22-13-7-9-15(10-8-14-23-19(21)4-2)16-11-5-6-12-17(16)24-25/h3-6,11-12,15H,1-2,7-10,13-14H2,25H3. The van der Waals surface area contributed by atoms with Crippen molar-refractivity contribution in [2.45, 2.75) is 31.6 Å². The van der Waals surface area contributed by atoms with Crippen LogP contribution in [0, 0.1) is 0 Å². The fourth-order valence-corrected chi connectivity index (χ4v) is 2.95. The third-order valence-electron chi connectivity index (χ3n) is 3.79. The Bertz CT molecular complexity index is 557. The second kappa shape index (κ2) is 12.1. The largest absolute Gasteiger partial charge is 0.553 e. The van der Waals surface area contributed by atoms with E-state index in [1.54, 1.807) is 0 Å². The summed E-state index contributed by atoms with van der Waals surface area (Å²) >= 11 is 0. The van der Waals surface area contributed by atoms with Crippen LogP contribution in [0.25, 0.3) is 0 Å². The van der Waals surface area contributed by atoms with Crippen LogP contribution in [0.5, 0.6) is 5.75 Å². The molecule has 0 saturated heterocycles. The van der Waals surface area contributed by atoms with Crippen LogP contribution in [0.3, 0.4) is 0 Å². The van der Waals surface area contributed by atoms with Crippen molar-refractivity contribution in [1.82, 2.24) is 0 Å². The van der Waals surface area contributed by atoms with Gasteiger partial charge in [0.25, 0.3) is 0 Å². The third kappa shape index (κ3) is 7.85. The van der Waals surface area contributed by atoms with Gasteiger partial charge in [-0.15, -0.1) is 0 Å². The van der Waals surface area contributed by atoms with Crippen LogP contribution >= 0.6 is 0 Å². The summed E-state index contributed by atoms with van der Waals surface area (Å²) in [7, 11) is 0.617. The van der Waals surface area contributed by atoms with Crippen molar-refractivity contribution in [3.05, 3.63) is 55.1 Å². The first-order valence-electron chi connectivity index (χ1n) is 8.33. The number of para-hydroxylation sites is 1. The maximum absolute atomic E-state index is 11.1. The zero-order valence-corrected chi connectivity index (χ0v) is 16.7. The fourth-order valence-electron chi connectivity index (χ4n) is 2.58. The summed E-state index contributed by atoms with van der Waals surface area (Å²) in [6.45, 7) is 7.48. The molecule has 0 aromatic heterocycles. The molecule has 0 heterocycles. The van der Waals surface area contributed by atoms with Gasteiger partial charge in [0, 0.05) is 12.2 Å². The maximum Gasteiger partial charge on any atom is 0.330 e. The number of rotatable bonds is 12. The molecule has 136 valence electrons. The van der Waals surface area contributed by atoms with Crippen LogP contribution in [0.2, 0.25) is 0 Å². The van der Waals surface area contributed by atoms with Crippen molar-refractivity contribution in [2.75, 3.05) is 13.2 Å². The summed E-state index contributed by atoms with van der Waals surface area (Å²) in [4.78, 5) is 22.2. The molecule has 0 bridgehead atoms. The Morgan fingerprint density at radius 3 is 2.00 bits per heavy atom. The van der Waals surface area contributed by atoms with E-state index in [0.717, 1.165) is 49.1 Å². The van der Waals surface area contributed by atoms with Crippen LogP contribution in [-0.4, -0.2) is 35.6 Å². The highest BCUT2D eigenvalue weighted by molar-refractivity contribution is 6.00. The number of hydrogen-bond acceptors (Lipinski definition) is 5. The van der Waals surface area contributed by atoms with Crippen molar-refractivity contribution in [3.63, 3.8) is 0 Å². The predicted octanol–water partition coefficient (Wildman–Crippen LogP) is 2.45. The zero-order valence-electron chi connectivity index (χ0n) is 14.7. The lowest BCUT2D eigenvalue weighted by atomic mass is 9.89. The Hall–Kier alpha value is -2.34. The van der Waals surface area contributed by atoms with Gasteiger partial charge in [0.15, 0.2) is 0 Å². The first-order chi connectivity index (χ1) is 12.1. The van der Waals surface area contributed by atoms with Crippen LogP contribution < -0.4 is 4.43 Å². The summed E-state index contributed by atoms with van der Waals surface area (Å²) < 4.78 is 15.7. The van der Waals surface area contributed by atoms with E-state index in [2.05, 4.69) is 19.2 Å². The highest BCUT2D eigenvalue weighted by Gasteiger charge is 2.16. The second-order valence-corrected chi connectivity index (χ2v) is 5.87. The molecule has 0 unspecified atom stereocenters. The first-order valence-corrected chi connectivity index (χ1v) is 9.15. The fraction of sp³-hybridized carbons (Fsp3) is 0.368. The van der Waals surface area contributed by atoms with Gasteiger partial charge in [-0.2, -0.15) is 0 Å². The van der Waals surface area contributed by atoms with Crippen molar-refractivity contribution in [1.29, 1.82) is 0 Å². The summed E-state index contributed by atoms with van der Waals surface area (Å²) in [6.07, 6.45) is 5.51. The van der Waals surface area contributed by atoms with Crippen molar-refractivity contribution in [2.24, 2.45) is 0 Å². The van der Waals surface area contributed by atoms with E-state index in [1.807, 2.05) is 18.2 Å². The topological polar surface area (TPSA) is 61.8 Å². The molecular weight excluding hydrogens is 336 g/mol. The molecule has 5 nitrogen and oxygen atoms in total. The predicted molar refractivity (Wildman–Crippen MR) is 101 cm³/mol. The van der Waals surface area contributed by atoms with Crippen LogP contribution in [-0.2, 0) is 19.1 Å². The lowest BCUT2D eigenvalue weighted by Crippen LogP contribution is -2.08. The summed E-state index contributed by atoms with van der Waals surface area (Å²) in [6, 6.07) is 7.96. The minimum absolute atomic E-state index is 0.245. The molecule has 0 radical (unpaired) electrons. The number of hydrogen-bond donors (Lipinski definition) is 0. The number of carbonyl (C=O) groups is 2. The molecule has 1 rings (SSSR count). The van der Waals surface area contributed by atoms with Crippen LogP contribution in [0.15, 0.2) is 49.6 Å². The molecule has 1 aromatic rings. The summed E-state index contributed by atoms with van der Waals surface area (Å²) in [5.41, 5.74) is 1.14. The molecule has 0 saturated carbocycles. The molecule has 0 aliphatic heterocycles. The SMILES string of the molecule is C=CC(=O)OCCCC(CCCOC(=O)C=C)c1ccccc1O[SiH3]. The van der Waals surface area contributed by atoms with Gasteiger partial charge >= 0.3 is 11.9 Å². The van der Waals surface area contributed by atoms with Crippen molar-refractivity contribution >= 4 is 22.4 Å². The van der Waals surface area contributed by atoms with E-state index in [-0.39, 0.29) is 5.92 Å². The van der Waals surface area contributed by atoms with Gasteiger partial charge in [0.2, 0.25) is 10.5 Å². The van der Waals surface area contributed by atoms with E-state index in [9.17, 15) is 9.59 Å². The van der Waals surface area contributed by atoms with E-state index in [1.165, 1.54) is 0 Å². The second-order valence-electron chi connectivity index (χ2n) is 5.47. The van der Waals surface area contributed by atoms with E-state index >= 15 is 0 Å². The Labute approximate surface area is 152 Å². The Balaban J connectivity index is 2.63. The molecule has 6 heteroatoms. The minimum atomic E-state index is -0.406. The number of esters is 2. The molecule has 25 heavy (non-hydrogen) atoms. The number of carbonyl (C=O) groups excluding carboxylic acids is 2. The van der Waals surface area contributed by atoms with E-state index in [4.69, 9.17) is 13.9 Å². The molecule has 0 atom stereocenters. The summed E-state index contributed by atoms with van der Waals surface area (Å²) in [5, 5.41) is 0. The van der Waals surface area contributed by atoms with Gasteiger partial charge in [-0.25, -0.2) is 9.59 Å². The molecule has 0 amide bonds. The normalized spacial score (nSPS) is 10.3. The highest BCUT2D eigenvalue weighted by atomic mass is 28.2. The summed E-state index contributed by atoms with van der Waals surface area (Å²) in [5.74, 6) is 0.327. The van der Waals surface area contributed by atoms with Gasteiger partial charge in [-0.05, 0) is 43.2 Å². The van der Waals surface area contributed by atoms with Gasteiger partial charge in [-0.1, -0.05) is 31.4 Å². The average molecular weight is 362 g/mol. The quantitative estimate of drug-likeness (QED) is 0.247. The molecule has 0 aliphatic rings. The van der Waals surface area contributed by atoms with E-state index in [0.29, 0.717) is 23.7 Å². The van der Waals surface area contributed by atoms with Crippen LogP contribution in [0.4, 0.5) is 0 Å². The van der Waals surface area contributed by atoms with Gasteiger partial charge in [-0.3, -0.25) is 0 Å². The Morgan fingerprint density at radius 2 is 1.52 bits per heavy atom. The van der Waals surface area contributed by atoms with Crippen molar-refractivity contribution in [3.8, 4) is 5.75 Å². The maximum atomic E-state index is 11.1. The van der Waals surface area contributed by atoms with Crippen molar-refractivity contribution < 1.29 is 23.5 Å². The number of benzene rings is 1. The lowest BCUT2D eigenvalue weighted by Gasteiger charge is -2.20. The smallest absolute Gasteiger partial charge is 0.330 e. The monoisotopic (exact) mass is 362 g/mol. The van der Waals surface area contributed by atoms with Gasteiger partial charge < -0.3 is 13.9 Å². The molecule has 0 N–H and O–H groups in total. The third-order valence-corrected chi connectivity index (χ3v) is 4.23. The number of ether oxygens (including phenoxy) is 2. The Morgan fingerprint density at radius 1 is 1.00 bits per heavy atom. The first kappa shape index (κ1) is 20.7. The molecule has 0 fully saturated rings. The van der Waals surface area contributed by atoms with Gasteiger partial charge in [0.1, 0.15) is 5.75 Å². The van der Waals surface area contributed by atoms with Gasteiger partial charge in [0.05, 0.1) is 13.2 Å². The average Bonchev–Trinajstić information content (AvgIpc) is 2.66. The highest BCUT2D eigenvalue weighted by Crippen LogP contribution is 2.33. The van der Waals surface area contributed by atoms with Crippen LogP contribution in [0.1, 0.15) is 37.2 Å². The minimum Gasteiger partial charge on any atom is -0.553 e. The zero-order chi connectivity index (χ0) is 18.5. The van der Waals surface area contributed by atoms with E-state index < -0.39 is 11.9 Å². The Kier molecular flexibility index (Phi) is 10.0. The molecule has 0 aliphatic carbocycles. The molecular formula is C19H26O5Si.